The second-order valence-electron chi connectivity index (χ2n) is 5.60. The molecule has 0 aliphatic heterocycles. The highest BCUT2D eigenvalue weighted by molar-refractivity contribution is 7.98. The van der Waals surface area contributed by atoms with E-state index in [1.807, 2.05) is 56.3 Å². The van der Waals surface area contributed by atoms with Gasteiger partial charge in [-0.3, -0.25) is 4.79 Å². The first-order valence-corrected chi connectivity index (χ1v) is 9.85. The van der Waals surface area contributed by atoms with Crippen LogP contribution < -0.4 is 9.47 Å². The number of benzene rings is 2. The minimum absolute atomic E-state index is 0.0979. The SMILES string of the molecule is CC.COc1ccc(C2CC(SC)c3cc(OC)ccc3C2=O)cc1. The molecule has 0 heterocycles. The van der Waals surface area contributed by atoms with Crippen LogP contribution in [0.4, 0.5) is 0 Å². The van der Waals surface area contributed by atoms with E-state index in [4.69, 9.17) is 9.47 Å². The topological polar surface area (TPSA) is 35.5 Å². The predicted octanol–water partition coefficient (Wildman–Crippen LogP) is 5.50. The predicted molar refractivity (Wildman–Crippen MR) is 105 cm³/mol. The van der Waals surface area contributed by atoms with Gasteiger partial charge in [-0.15, -0.1) is 0 Å². The van der Waals surface area contributed by atoms with E-state index >= 15 is 0 Å². The Kier molecular flexibility index (Phi) is 6.94. The van der Waals surface area contributed by atoms with Gasteiger partial charge in [-0.2, -0.15) is 11.8 Å². The Morgan fingerprint density at radius 1 is 0.960 bits per heavy atom. The molecule has 0 N–H and O–H groups in total. The van der Waals surface area contributed by atoms with Crippen molar-refractivity contribution in [1.29, 1.82) is 0 Å². The van der Waals surface area contributed by atoms with Crippen molar-refractivity contribution >= 4 is 17.5 Å². The molecule has 0 saturated carbocycles. The highest BCUT2D eigenvalue weighted by Gasteiger charge is 2.34. The Morgan fingerprint density at radius 2 is 1.56 bits per heavy atom. The molecule has 0 bridgehead atoms. The van der Waals surface area contributed by atoms with Crippen LogP contribution in [0, 0.1) is 0 Å². The zero-order valence-electron chi connectivity index (χ0n) is 15.5. The first kappa shape index (κ1) is 19.4. The fraction of sp³-hybridized carbons (Fsp3) is 0.381. The van der Waals surface area contributed by atoms with Gasteiger partial charge in [-0.05, 0) is 54.1 Å². The van der Waals surface area contributed by atoms with E-state index in [2.05, 4.69) is 6.26 Å². The van der Waals surface area contributed by atoms with Crippen LogP contribution in [0.15, 0.2) is 42.5 Å². The molecule has 3 rings (SSSR count). The summed E-state index contributed by atoms with van der Waals surface area (Å²) in [6.07, 6.45) is 2.90. The van der Waals surface area contributed by atoms with Gasteiger partial charge in [0.1, 0.15) is 11.5 Å². The number of fused-ring (bicyclic) bond motifs is 1. The van der Waals surface area contributed by atoms with Gasteiger partial charge >= 0.3 is 0 Å². The molecule has 1 aliphatic rings. The molecule has 0 aromatic heterocycles. The highest BCUT2D eigenvalue weighted by Crippen LogP contribution is 2.45. The maximum atomic E-state index is 13.0. The van der Waals surface area contributed by atoms with Crippen LogP contribution in [0.25, 0.3) is 0 Å². The first-order valence-electron chi connectivity index (χ1n) is 8.56. The average Bonchev–Trinajstić information content (AvgIpc) is 2.69. The monoisotopic (exact) mass is 358 g/mol. The van der Waals surface area contributed by atoms with Crippen LogP contribution >= 0.6 is 11.8 Å². The van der Waals surface area contributed by atoms with Gasteiger partial charge < -0.3 is 9.47 Å². The zero-order valence-corrected chi connectivity index (χ0v) is 16.4. The quantitative estimate of drug-likeness (QED) is 0.722. The Bertz CT molecular complexity index is 710. The number of methoxy groups -OCH3 is 2. The molecule has 25 heavy (non-hydrogen) atoms. The lowest BCUT2D eigenvalue weighted by Gasteiger charge is -2.30. The Morgan fingerprint density at radius 3 is 2.12 bits per heavy atom. The van der Waals surface area contributed by atoms with E-state index in [0.29, 0.717) is 5.25 Å². The van der Waals surface area contributed by atoms with Gasteiger partial charge in [0.2, 0.25) is 0 Å². The number of ether oxygens (including phenoxy) is 2. The summed E-state index contributed by atoms with van der Waals surface area (Å²) < 4.78 is 10.5. The van der Waals surface area contributed by atoms with Gasteiger partial charge in [-0.1, -0.05) is 26.0 Å². The summed E-state index contributed by atoms with van der Waals surface area (Å²) in [5.74, 6) is 1.71. The molecule has 0 radical (unpaired) electrons. The largest absolute Gasteiger partial charge is 0.497 e. The number of Topliss-reactive ketones (excluding diaryl/α,β-unsaturated/α-hetero) is 1. The molecular formula is C21H26O3S. The van der Waals surface area contributed by atoms with Crippen molar-refractivity contribution < 1.29 is 14.3 Å². The molecule has 1 aliphatic carbocycles. The number of ketones is 1. The van der Waals surface area contributed by atoms with E-state index in [1.54, 1.807) is 26.0 Å². The first-order chi connectivity index (χ1) is 12.2. The number of hydrogen-bond acceptors (Lipinski definition) is 4. The van der Waals surface area contributed by atoms with Crippen molar-refractivity contribution in [2.24, 2.45) is 0 Å². The van der Waals surface area contributed by atoms with Crippen molar-refractivity contribution in [3.8, 4) is 11.5 Å². The van der Waals surface area contributed by atoms with E-state index in [1.165, 1.54) is 0 Å². The second-order valence-corrected chi connectivity index (χ2v) is 6.64. The van der Waals surface area contributed by atoms with Crippen molar-refractivity contribution in [3.63, 3.8) is 0 Å². The lowest BCUT2D eigenvalue weighted by molar-refractivity contribution is 0.0945. The maximum Gasteiger partial charge on any atom is 0.170 e. The minimum atomic E-state index is -0.0979. The fourth-order valence-corrected chi connectivity index (χ4v) is 3.98. The molecule has 3 nitrogen and oxygen atoms in total. The van der Waals surface area contributed by atoms with Crippen molar-refractivity contribution in [1.82, 2.24) is 0 Å². The summed E-state index contributed by atoms with van der Waals surface area (Å²) in [5, 5.41) is 0.296. The number of thioether (sulfide) groups is 1. The number of rotatable bonds is 4. The molecule has 0 spiro atoms. The van der Waals surface area contributed by atoms with Crippen molar-refractivity contribution in [2.45, 2.75) is 31.4 Å². The van der Waals surface area contributed by atoms with E-state index in [0.717, 1.165) is 34.6 Å². The molecule has 4 heteroatoms. The second kappa shape index (κ2) is 8.95. The zero-order chi connectivity index (χ0) is 18.4. The summed E-state index contributed by atoms with van der Waals surface area (Å²) in [7, 11) is 3.30. The molecule has 0 amide bonds. The Hall–Kier alpha value is -1.94. The lowest BCUT2D eigenvalue weighted by atomic mass is 9.78. The molecule has 2 atom stereocenters. The van der Waals surface area contributed by atoms with Gasteiger partial charge in [0.05, 0.1) is 14.2 Å². The van der Waals surface area contributed by atoms with Crippen molar-refractivity contribution in [3.05, 3.63) is 59.2 Å². The fourth-order valence-electron chi connectivity index (χ4n) is 3.14. The lowest BCUT2D eigenvalue weighted by Crippen LogP contribution is -2.23. The standard InChI is InChI=1S/C19H20O3S.C2H6/c1-21-13-6-4-12(5-7-13)16-11-18(23-3)17-10-14(22-2)8-9-15(17)19(16)20;1-2/h4-10,16,18H,11H2,1-3H3;1-2H3. The third-order valence-corrected chi connectivity index (χ3v) is 5.46. The van der Waals surface area contributed by atoms with Crippen LogP contribution in [0.3, 0.4) is 0 Å². The van der Waals surface area contributed by atoms with Crippen LogP contribution in [0.5, 0.6) is 11.5 Å². The summed E-state index contributed by atoms with van der Waals surface area (Å²) >= 11 is 1.78. The van der Waals surface area contributed by atoms with E-state index in [-0.39, 0.29) is 11.7 Å². The molecule has 134 valence electrons. The molecular weight excluding hydrogens is 332 g/mol. The molecule has 2 unspecified atom stereocenters. The molecule has 2 aromatic rings. The Labute approximate surface area is 154 Å². The normalized spacial score (nSPS) is 18.7. The summed E-state index contributed by atoms with van der Waals surface area (Å²) in [4.78, 5) is 13.0. The van der Waals surface area contributed by atoms with Crippen LogP contribution in [0.2, 0.25) is 0 Å². The number of carbonyl (C=O) groups is 1. The molecule has 0 fully saturated rings. The van der Waals surface area contributed by atoms with Crippen LogP contribution in [0.1, 0.15) is 52.9 Å². The van der Waals surface area contributed by atoms with Crippen molar-refractivity contribution in [2.75, 3.05) is 20.5 Å². The third-order valence-electron chi connectivity index (χ3n) is 4.44. The molecule has 2 aromatic carbocycles. The van der Waals surface area contributed by atoms with Gasteiger partial charge in [-0.25, -0.2) is 0 Å². The van der Waals surface area contributed by atoms with E-state index < -0.39 is 0 Å². The van der Waals surface area contributed by atoms with Crippen LogP contribution in [-0.4, -0.2) is 26.3 Å². The highest BCUT2D eigenvalue weighted by atomic mass is 32.2. The summed E-state index contributed by atoms with van der Waals surface area (Å²) in [6, 6.07) is 13.6. The average molecular weight is 359 g/mol. The van der Waals surface area contributed by atoms with Gasteiger partial charge in [0.25, 0.3) is 0 Å². The number of carbonyl (C=O) groups excluding carboxylic acids is 1. The van der Waals surface area contributed by atoms with Gasteiger partial charge in [0.15, 0.2) is 5.78 Å². The maximum absolute atomic E-state index is 13.0. The van der Waals surface area contributed by atoms with Gasteiger partial charge in [0, 0.05) is 16.7 Å². The minimum Gasteiger partial charge on any atom is -0.497 e. The summed E-state index contributed by atoms with van der Waals surface area (Å²) in [5.41, 5.74) is 2.96. The molecule has 0 saturated heterocycles. The summed E-state index contributed by atoms with van der Waals surface area (Å²) in [6.45, 7) is 4.00. The van der Waals surface area contributed by atoms with E-state index in [9.17, 15) is 4.79 Å². The smallest absolute Gasteiger partial charge is 0.170 e. The Balaban J connectivity index is 0.00000109. The third kappa shape index (κ3) is 4.01. The number of hydrogen-bond donors (Lipinski definition) is 0. The van der Waals surface area contributed by atoms with Crippen LogP contribution in [-0.2, 0) is 0 Å².